The number of esters is 2. The summed E-state index contributed by atoms with van der Waals surface area (Å²) in [6.07, 6.45) is -3.27. The second-order valence-electron chi connectivity index (χ2n) is 4.26. The Kier molecular flexibility index (Phi) is 5.47. The van der Waals surface area contributed by atoms with E-state index in [1.165, 1.54) is 0 Å². The molecule has 0 unspecified atom stereocenters. The maximum absolute atomic E-state index is 11.7. The van der Waals surface area contributed by atoms with Crippen LogP contribution in [0.15, 0.2) is 0 Å². The number of hydrogen-bond donors (Lipinski definition) is 1. The van der Waals surface area contributed by atoms with Crippen LogP contribution in [0.2, 0.25) is 0 Å². The van der Waals surface area contributed by atoms with Gasteiger partial charge in [0.1, 0.15) is 0 Å². The monoisotopic (exact) mass is 280 g/mol. The molecule has 1 aliphatic rings. The summed E-state index contributed by atoms with van der Waals surface area (Å²) in [4.78, 5) is 32.6. The molecule has 1 aliphatic heterocycles. The van der Waals surface area contributed by atoms with Crippen molar-refractivity contribution in [3.63, 3.8) is 0 Å². The summed E-state index contributed by atoms with van der Waals surface area (Å²) in [6, 6.07) is 0. The van der Waals surface area contributed by atoms with E-state index in [0.29, 0.717) is 0 Å². The standard InChI is InChI=1S/C10H17O7P/c1-5(2)14-9(11)7-8(17-18(13)16-7)10(12)15-6(3)4/h5-8,13H,1-4H3/t7-,8-/m1/s1. The Hall–Kier alpha value is -0.750. The van der Waals surface area contributed by atoms with Gasteiger partial charge >= 0.3 is 20.5 Å². The first-order valence-electron chi connectivity index (χ1n) is 5.54. The van der Waals surface area contributed by atoms with Gasteiger partial charge in [-0.05, 0) is 27.7 Å². The van der Waals surface area contributed by atoms with Crippen LogP contribution in [0.25, 0.3) is 0 Å². The van der Waals surface area contributed by atoms with Crippen LogP contribution in [0.3, 0.4) is 0 Å². The summed E-state index contributed by atoms with van der Waals surface area (Å²) in [5.74, 6) is -1.51. The van der Waals surface area contributed by atoms with E-state index in [9.17, 15) is 14.5 Å². The summed E-state index contributed by atoms with van der Waals surface area (Å²) in [5.41, 5.74) is 0. The highest BCUT2D eigenvalue weighted by atomic mass is 31.2. The fourth-order valence-electron chi connectivity index (χ4n) is 1.26. The van der Waals surface area contributed by atoms with Gasteiger partial charge in [0.2, 0.25) is 12.2 Å². The second-order valence-corrected chi connectivity index (χ2v) is 5.16. The van der Waals surface area contributed by atoms with Crippen LogP contribution >= 0.6 is 8.60 Å². The zero-order valence-electron chi connectivity index (χ0n) is 10.7. The lowest BCUT2D eigenvalue weighted by Gasteiger charge is -2.17. The molecule has 0 aromatic heterocycles. The molecule has 0 radical (unpaired) electrons. The third-order valence-corrected chi connectivity index (χ3v) is 2.67. The van der Waals surface area contributed by atoms with Gasteiger partial charge in [0.05, 0.1) is 12.2 Å². The zero-order valence-corrected chi connectivity index (χ0v) is 11.5. The molecule has 2 atom stereocenters. The molecule has 1 fully saturated rings. The number of carbonyl (C=O) groups excluding carboxylic acids is 2. The van der Waals surface area contributed by atoms with E-state index in [-0.39, 0.29) is 12.2 Å². The third-order valence-electron chi connectivity index (χ3n) is 1.85. The lowest BCUT2D eigenvalue weighted by atomic mass is 10.2. The van der Waals surface area contributed by atoms with Crippen LogP contribution in [-0.2, 0) is 28.1 Å². The molecule has 0 aromatic rings. The van der Waals surface area contributed by atoms with Crippen molar-refractivity contribution < 1.29 is 33.0 Å². The molecule has 8 heteroatoms. The van der Waals surface area contributed by atoms with Crippen molar-refractivity contribution in [1.82, 2.24) is 0 Å². The first kappa shape index (κ1) is 15.3. The van der Waals surface area contributed by atoms with Gasteiger partial charge in [-0.1, -0.05) is 0 Å². The molecular formula is C10H17O7P. The lowest BCUT2D eigenvalue weighted by molar-refractivity contribution is -0.167. The molecular weight excluding hydrogens is 263 g/mol. The predicted molar refractivity (Wildman–Crippen MR) is 61.3 cm³/mol. The van der Waals surface area contributed by atoms with E-state index in [2.05, 4.69) is 0 Å². The quantitative estimate of drug-likeness (QED) is 0.604. The Balaban J connectivity index is 2.69. The van der Waals surface area contributed by atoms with E-state index in [0.717, 1.165) is 0 Å². The Morgan fingerprint density at radius 2 is 1.33 bits per heavy atom. The molecule has 0 aromatic carbocycles. The second kappa shape index (κ2) is 6.43. The highest BCUT2D eigenvalue weighted by molar-refractivity contribution is 7.41. The molecule has 7 nitrogen and oxygen atoms in total. The topological polar surface area (TPSA) is 91.3 Å². The summed E-state index contributed by atoms with van der Waals surface area (Å²) in [5, 5.41) is 0. The van der Waals surface area contributed by atoms with Crippen molar-refractivity contribution in [3.8, 4) is 0 Å². The first-order valence-corrected chi connectivity index (χ1v) is 6.67. The van der Waals surface area contributed by atoms with Gasteiger partial charge in [-0.25, -0.2) is 9.59 Å². The molecule has 1 heterocycles. The van der Waals surface area contributed by atoms with Crippen molar-refractivity contribution >= 4 is 20.5 Å². The van der Waals surface area contributed by atoms with E-state index >= 15 is 0 Å². The number of carbonyl (C=O) groups is 2. The fraction of sp³-hybridized carbons (Fsp3) is 0.800. The van der Waals surface area contributed by atoms with E-state index in [1.54, 1.807) is 27.7 Å². The Morgan fingerprint density at radius 3 is 1.61 bits per heavy atom. The minimum Gasteiger partial charge on any atom is -0.461 e. The largest absolute Gasteiger partial charge is 0.461 e. The van der Waals surface area contributed by atoms with Crippen molar-refractivity contribution in [1.29, 1.82) is 0 Å². The zero-order chi connectivity index (χ0) is 13.9. The molecule has 0 aliphatic carbocycles. The predicted octanol–water partition coefficient (Wildman–Crippen LogP) is 0.893. The Labute approximate surface area is 106 Å². The van der Waals surface area contributed by atoms with Crippen molar-refractivity contribution in [2.45, 2.75) is 52.1 Å². The Morgan fingerprint density at radius 1 is 1.00 bits per heavy atom. The SMILES string of the molecule is CC(C)OC(=O)[C@@H]1OP(O)O[C@H]1C(=O)OC(C)C. The maximum Gasteiger partial charge on any atom is 0.339 e. The van der Waals surface area contributed by atoms with Crippen LogP contribution in [0.4, 0.5) is 0 Å². The Bertz CT molecular complexity index is 287. The normalized spacial score (nSPS) is 24.6. The molecule has 1 rings (SSSR count). The van der Waals surface area contributed by atoms with Crippen molar-refractivity contribution in [3.05, 3.63) is 0 Å². The van der Waals surface area contributed by atoms with Crippen molar-refractivity contribution in [2.24, 2.45) is 0 Å². The van der Waals surface area contributed by atoms with Gasteiger partial charge in [-0.3, -0.25) is 9.05 Å². The van der Waals surface area contributed by atoms with Crippen LogP contribution in [0, 0.1) is 0 Å². The molecule has 0 bridgehead atoms. The molecule has 0 amide bonds. The third kappa shape index (κ3) is 4.17. The highest BCUT2D eigenvalue weighted by Crippen LogP contribution is 2.45. The summed E-state index contributed by atoms with van der Waals surface area (Å²) in [7, 11) is -2.26. The number of hydrogen-bond acceptors (Lipinski definition) is 7. The minimum atomic E-state index is -2.26. The number of rotatable bonds is 4. The molecule has 18 heavy (non-hydrogen) atoms. The lowest BCUT2D eigenvalue weighted by Crippen LogP contribution is -2.40. The van der Waals surface area contributed by atoms with Crippen LogP contribution in [-0.4, -0.2) is 41.2 Å². The van der Waals surface area contributed by atoms with Crippen LogP contribution in [0.1, 0.15) is 27.7 Å². The van der Waals surface area contributed by atoms with Gasteiger partial charge in [0.15, 0.2) is 0 Å². The average Bonchev–Trinajstić information content (AvgIpc) is 2.58. The summed E-state index contributed by atoms with van der Waals surface area (Å²) in [6.45, 7) is 6.65. The van der Waals surface area contributed by atoms with Gasteiger partial charge < -0.3 is 14.4 Å². The molecule has 0 saturated carbocycles. The average molecular weight is 280 g/mol. The maximum atomic E-state index is 11.7. The molecule has 104 valence electrons. The summed E-state index contributed by atoms with van der Waals surface area (Å²) >= 11 is 0. The van der Waals surface area contributed by atoms with Gasteiger partial charge in [0.25, 0.3) is 0 Å². The van der Waals surface area contributed by atoms with Crippen LogP contribution < -0.4 is 0 Å². The highest BCUT2D eigenvalue weighted by Gasteiger charge is 2.48. The first-order chi connectivity index (χ1) is 8.31. The molecule has 1 N–H and O–H groups in total. The van der Waals surface area contributed by atoms with E-state index < -0.39 is 32.7 Å². The van der Waals surface area contributed by atoms with Gasteiger partial charge in [-0.2, -0.15) is 0 Å². The minimum absolute atomic E-state index is 0.353. The number of ether oxygens (including phenoxy) is 2. The van der Waals surface area contributed by atoms with E-state index in [1.807, 2.05) is 0 Å². The van der Waals surface area contributed by atoms with Crippen molar-refractivity contribution in [2.75, 3.05) is 0 Å². The fourth-order valence-corrected chi connectivity index (χ4v) is 2.09. The van der Waals surface area contributed by atoms with Gasteiger partial charge in [0, 0.05) is 0 Å². The molecule has 0 spiro atoms. The summed E-state index contributed by atoms with van der Waals surface area (Å²) < 4.78 is 19.6. The smallest absolute Gasteiger partial charge is 0.339 e. The van der Waals surface area contributed by atoms with Crippen LogP contribution in [0.5, 0.6) is 0 Å². The van der Waals surface area contributed by atoms with E-state index in [4.69, 9.17) is 18.5 Å². The molecule has 1 saturated heterocycles. The van der Waals surface area contributed by atoms with Gasteiger partial charge in [-0.15, -0.1) is 0 Å².